The molecule has 1 aliphatic carbocycles. The zero-order valence-electron chi connectivity index (χ0n) is 15.7. The summed E-state index contributed by atoms with van der Waals surface area (Å²) < 4.78 is 11.1. The van der Waals surface area contributed by atoms with Gasteiger partial charge in [0.2, 0.25) is 0 Å². The third kappa shape index (κ3) is 3.92. The van der Waals surface area contributed by atoms with E-state index >= 15 is 0 Å². The van der Waals surface area contributed by atoms with Crippen LogP contribution in [0.15, 0.2) is 42.5 Å². The molecule has 0 N–H and O–H groups in total. The Balaban J connectivity index is 1.77. The lowest BCUT2D eigenvalue weighted by atomic mass is 9.72. The van der Waals surface area contributed by atoms with E-state index in [1.807, 2.05) is 51.1 Å². The van der Waals surface area contributed by atoms with Gasteiger partial charge in [-0.15, -0.1) is 0 Å². The zero-order chi connectivity index (χ0) is 18.9. The van der Waals surface area contributed by atoms with Gasteiger partial charge in [0.25, 0.3) is 0 Å². The van der Waals surface area contributed by atoms with Gasteiger partial charge in [-0.05, 0) is 45.6 Å². The van der Waals surface area contributed by atoms with E-state index in [1.54, 1.807) is 4.90 Å². The van der Waals surface area contributed by atoms with Crippen LogP contribution in [0.5, 0.6) is 0 Å². The Kier molecular flexibility index (Phi) is 5.08. The van der Waals surface area contributed by atoms with Gasteiger partial charge in [-0.1, -0.05) is 42.5 Å². The van der Waals surface area contributed by atoms with Crippen LogP contribution in [0.3, 0.4) is 0 Å². The number of nitrogens with zero attached hydrogens (tertiary/aromatic N) is 1. The molecule has 4 rings (SSSR count). The van der Waals surface area contributed by atoms with Crippen molar-refractivity contribution >= 4 is 12.1 Å². The van der Waals surface area contributed by atoms with Crippen LogP contribution >= 0.6 is 0 Å². The quantitative estimate of drug-likeness (QED) is 0.604. The molecule has 2 bridgehead atoms. The van der Waals surface area contributed by atoms with Crippen LogP contribution in [0.1, 0.15) is 45.6 Å². The number of hydrogen-bond donors (Lipinski definition) is 0. The molecule has 1 aromatic rings. The fourth-order valence-electron chi connectivity index (χ4n) is 3.84. The maximum Gasteiger partial charge on any atom is 0.411 e. The Labute approximate surface area is 155 Å². The first-order valence-corrected chi connectivity index (χ1v) is 9.16. The van der Waals surface area contributed by atoms with Gasteiger partial charge in [0, 0.05) is 12.0 Å². The van der Waals surface area contributed by atoms with Crippen LogP contribution in [-0.2, 0) is 20.9 Å². The minimum absolute atomic E-state index is 0.0448. The van der Waals surface area contributed by atoms with Gasteiger partial charge < -0.3 is 9.47 Å². The topological polar surface area (TPSA) is 55.8 Å². The van der Waals surface area contributed by atoms with Crippen molar-refractivity contribution in [1.29, 1.82) is 0 Å². The molecular formula is C21H27NO4. The normalized spacial score (nSPS) is 25.1. The van der Waals surface area contributed by atoms with E-state index < -0.39 is 17.7 Å². The molecule has 5 nitrogen and oxygen atoms in total. The number of esters is 1. The first kappa shape index (κ1) is 18.5. The number of rotatable bonds is 3. The summed E-state index contributed by atoms with van der Waals surface area (Å²) in [6, 6.07) is 8.85. The highest BCUT2D eigenvalue weighted by atomic mass is 16.6. The van der Waals surface area contributed by atoms with Crippen molar-refractivity contribution < 1.29 is 19.1 Å². The number of fused-ring (bicyclic) bond motifs is 3. The van der Waals surface area contributed by atoms with Crippen LogP contribution in [0.4, 0.5) is 4.79 Å². The SMILES string of the molecule is C=C1C[C@@H]2CC[C@H]1[C@H](C(=O)OCc1ccccc1)N2C(=O)OC(C)(C)C. The van der Waals surface area contributed by atoms with E-state index in [-0.39, 0.29) is 24.5 Å². The third-order valence-electron chi connectivity index (χ3n) is 4.98. The van der Waals surface area contributed by atoms with Crippen molar-refractivity contribution in [1.82, 2.24) is 4.90 Å². The van der Waals surface area contributed by atoms with Gasteiger partial charge in [0.1, 0.15) is 18.2 Å². The zero-order valence-corrected chi connectivity index (χ0v) is 15.7. The molecular weight excluding hydrogens is 330 g/mol. The predicted octanol–water partition coefficient (Wildman–Crippen LogP) is 4.07. The van der Waals surface area contributed by atoms with Crippen molar-refractivity contribution in [2.24, 2.45) is 5.92 Å². The highest BCUT2D eigenvalue weighted by molar-refractivity contribution is 5.83. The maximum absolute atomic E-state index is 12.9. The molecule has 3 atom stereocenters. The first-order valence-electron chi connectivity index (χ1n) is 9.16. The van der Waals surface area contributed by atoms with E-state index in [1.165, 1.54) is 0 Å². The Morgan fingerprint density at radius 2 is 1.88 bits per heavy atom. The van der Waals surface area contributed by atoms with Crippen LogP contribution < -0.4 is 0 Å². The van der Waals surface area contributed by atoms with E-state index in [9.17, 15) is 9.59 Å². The van der Waals surface area contributed by atoms with Gasteiger partial charge in [-0.2, -0.15) is 0 Å². The number of carbonyl (C=O) groups is 2. The number of piperidine rings is 2. The molecule has 0 radical (unpaired) electrons. The standard InChI is InChI=1S/C21H27NO4/c1-14-12-16-10-11-17(14)18(22(16)20(24)26-21(2,3)4)19(23)25-13-15-8-6-5-7-9-15/h5-9,16-18H,1,10-13H2,2-4H3/t16-,17+,18+/m0/s1. The predicted molar refractivity (Wildman–Crippen MR) is 98.4 cm³/mol. The summed E-state index contributed by atoms with van der Waals surface area (Å²) in [6.45, 7) is 9.81. The smallest absolute Gasteiger partial charge is 0.411 e. The number of benzene rings is 1. The Bertz CT molecular complexity index is 692. The third-order valence-corrected chi connectivity index (χ3v) is 4.98. The molecule has 140 valence electrons. The molecule has 0 aromatic heterocycles. The molecule has 2 heterocycles. The molecule has 2 saturated heterocycles. The Hall–Kier alpha value is -2.30. The molecule has 5 heteroatoms. The maximum atomic E-state index is 12.9. The highest BCUT2D eigenvalue weighted by Crippen LogP contribution is 2.43. The van der Waals surface area contributed by atoms with Crippen LogP contribution in [-0.4, -0.2) is 34.6 Å². The van der Waals surface area contributed by atoms with E-state index in [2.05, 4.69) is 6.58 Å². The minimum atomic E-state index is -0.645. The lowest BCUT2D eigenvalue weighted by Gasteiger charge is -2.50. The summed E-state index contributed by atoms with van der Waals surface area (Å²) in [5.74, 6) is -0.439. The largest absolute Gasteiger partial charge is 0.459 e. The average molecular weight is 357 g/mol. The summed E-state index contributed by atoms with van der Waals surface area (Å²) in [6.07, 6.45) is 2.01. The second-order valence-corrected chi connectivity index (χ2v) is 8.13. The van der Waals surface area contributed by atoms with Crippen molar-refractivity contribution in [3.05, 3.63) is 48.0 Å². The van der Waals surface area contributed by atoms with Crippen LogP contribution in [0.25, 0.3) is 0 Å². The second kappa shape index (κ2) is 7.14. The van der Waals surface area contributed by atoms with E-state index in [0.29, 0.717) is 0 Å². The van der Waals surface area contributed by atoms with Gasteiger partial charge in [-0.3, -0.25) is 4.90 Å². The van der Waals surface area contributed by atoms with E-state index in [4.69, 9.17) is 9.47 Å². The number of hydrogen-bond acceptors (Lipinski definition) is 4. The summed E-state index contributed by atoms with van der Waals surface area (Å²) in [5, 5.41) is 0. The van der Waals surface area contributed by atoms with Gasteiger partial charge >= 0.3 is 12.1 Å². The Morgan fingerprint density at radius 1 is 1.19 bits per heavy atom. The summed E-state index contributed by atoms with van der Waals surface area (Å²) >= 11 is 0. The molecule has 1 amide bonds. The van der Waals surface area contributed by atoms with Crippen LogP contribution in [0.2, 0.25) is 0 Å². The fourth-order valence-corrected chi connectivity index (χ4v) is 3.84. The fraction of sp³-hybridized carbons (Fsp3) is 0.524. The average Bonchev–Trinajstić information content (AvgIpc) is 2.58. The number of carbonyl (C=O) groups excluding carboxylic acids is 2. The minimum Gasteiger partial charge on any atom is -0.459 e. The second-order valence-electron chi connectivity index (χ2n) is 8.13. The van der Waals surface area contributed by atoms with Gasteiger partial charge in [0.15, 0.2) is 0 Å². The molecule has 1 saturated carbocycles. The lowest BCUT2D eigenvalue weighted by molar-refractivity contribution is -0.157. The van der Waals surface area contributed by atoms with Crippen molar-refractivity contribution in [2.75, 3.05) is 0 Å². The van der Waals surface area contributed by atoms with E-state index in [0.717, 1.165) is 30.4 Å². The number of ether oxygens (including phenoxy) is 2. The summed E-state index contributed by atoms with van der Waals surface area (Å²) in [7, 11) is 0. The number of amides is 1. The monoisotopic (exact) mass is 357 g/mol. The summed E-state index contributed by atoms with van der Waals surface area (Å²) in [5.41, 5.74) is 1.34. The molecule has 3 aliphatic rings. The molecule has 3 fully saturated rings. The molecule has 26 heavy (non-hydrogen) atoms. The first-order chi connectivity index (χ1) is 12.3. The van der Waals surface area contributed by atoms with Gasteiger partial charge in [-0.25, -0.2) is 9.59 Å². The molecule has 0 spiro atoms. The summed E-state index contributed by atoms with van der Waals surface area (Å²) in [4.78, 5) is 27.2. The van der Waals surface area contributed by atoms with Crippen molar-refractivity contribution in [3.63, 3.8) is 0 Å². The van der Waals surface area contributed by atoms with Gasteiger partial charge in [0.05, 0.1) is 0 Å². The molecule has 2 aliphatic heterocycles. The Morgan fingerprint density at radius 3 is 2.50 bits per heavy atom. The van der Waals surface area contributed by atoms with Crippen LogP contribution in [0, 0.1) is 5.92 Å². The molecule has 1 aromatic carbocycles. The van der Waals surface area contributed by atoms with Crippen molar-refractivity contribution in [3.8, 4) is 0 Å². The van der Waals surface area contributed by atoms with Crippen molar-refractivity contribution in [2.45, 2.75) is 64.3 Å². The highest BCUT2D eigenvalue weighted by Gasteiger charge is 2.51. The molecule has 0 unspecified atom stereocenters. The lowest BCUT2D eigenvalue weighted by Crippen LogP contribution is -2.62.